The second-order valence-electron chi connectivity index (χ2n) is 24.1. The van der Waals surface area contributed by atoms with Crippen LogP contribution in [0, 0.1) is 0 Å². The van der Waals surface area contributed by atoms with Gasteiger partial charge in [0.25, 0.3) is 23.6 Å². The fraction of sp³-hybridized carbons (Fsp3) is 0.651. The molecule has 0 saturated heterocycles. The van der Waals surface area contributed by atoms with E-state index >= 15 is 0 Å². The van der Waals surface area contributed by atoms with E-state index in [-0.39, 0.29) is 43.1 Å². The third-order valence-electron chi connectivity index (χ3n) is 15.6. The number of hydrogen-bond donors (Lipinski definition) is 0. The molecular weight excluding hydrogens is 1370 g/mol. The number of thiophene rings is 4. The van der Waals surface area contributed by atoms with Crippen molar-refractivity contribution < 1.29 is 19.2 Å². The summed E-state index contributed by atoms with van der Waals surface area (Å²) in [6.45, 7) is 8.91. The second-order valence-corrected chi connectivity index (χ2v) is 61.7. The van der Waals surface area contributed by atoms with Gasteiger partial charge in [0.1, 0.15) is 0 Å². The summed E-state index contributed by atoms with van der Waals surface area (Å²) in [5, 5.41) is 2.95. The Hall–Kier alpha value is -0.623. The van der Waals surface area contributed by atoms with Gasteiger partial charge in [0.15, 0.2) is 0 Å². The van der Waals surface area contributed by atoms with Gasteiger partial charge in [-0.25, -0.2) is 0 Å². The fourth-order valence-electron chi connectivity index (χ4n) is 11.0. The number of amides is 4. The maximum absolute atomic E-state index is 14.6. The Labute approximate surface area is 507 Å². The molecule has 0 N–H and O–H groups in total. The molecule has 0 unspecified atom stereocenters. The number of rotatable bonds is 33. The standard InChI is InChI=1S/C46H70Br2N2O4S2.C10H4S2.CH4.6CH3.2Sn/c1-5-9-13-17-21-25-29-33(30-26-22-18-14-10-6-2)49-43(51)35-37(45(49)53)41(47)55-39(35)40-36-38(42(48)56-40)46(54)50(44(36)52)34(31-27-23-19-15-11-7-3)32-28-24-20-16-12-8-4;1-3-11-9-6-8-2-4-12-10(8)5-7(1)9;;;;;;;;;/h33-34H,5-32H2,1-4H3;1-2,5-6H;1H4;6*1H3;;. The van der Waals surface area contributed by atoms with Crippen LogP contribution >= 0.6 is 77.2 Å². The second kappa shape index (κ2) is 32.4. The normalized spacial score (nSPS) is 13.8. The van der Waals surface area contributed by atoms with Crippen LogP contribution in [-0.4, -0.2) is 82.3 Å². The van der Waals surface area contributed by atoms with E-state index in [2.05, 4.69) is 136 Å². The quantitative estimate of drug-likeness (QED) is 0.0238. The maximum atomic E-state index is 14.6. The van der Waals surface area contributed by atoms with E-state index in [9.17, 15) is 19.2 Å². The van der Waals surface area contributed by atoms with E-state index in [1.54, 1.807) is 15.6 Å². The van der Waals surface area contributed by atoms with Gasteiger partial charge in [-0.05, 0) is 57.5 Å². The zero-order valence-electron chi connectivity index (χ0n) is 48.2. The first kappa shape index (κ1) is 67.2. The molecule has 77 heavy (non-hydrogen) atoms. The van der Waals surface area contributed by atoms with E-state index in [4.69, 9.17) is 0 Å². The predicted octanol–water partition coefficient (Wildman–Crippen LogP) is 21.8. The van der Waals surface area contributed by atoms with Gasteiger partial charge in [0.05, 0.1) is 39.6 Å². The molecule has 0 atom stereocenters. The summed E-state index contributed by atoms with van der Waals surface area (Å²) in [6, 6.07) is 9.55. The average Bonchev–Trinajstić information content (AvgIpc) is 4.35. The first-order valence-corrected chi connectivity index (χ1v) is 54.6. The zero-order valence-corrected chi connectivity index (χ0v) is 60.3. The third kappa shape index (κ3) is 17.7. The van der Waals surface area contributed by atoms with Crippen molar-refractivity contribution in [1.29, 1.82) is 0 Å². The van der Waals surface area contributed by atoms with Crippen molar-refractivity contribution in [2.24, 2.45) is 0 Å². The first-order valence-electron chi connectivity index (χ1n) is 29.8. The molecule has 0 saturated carbocycles. The monoisotopic (exact) mass is 1470 g/mol. The first-order chi connectivity index (χ1) is 36.4. The van der Waals surface area contributed by atoms with Gasteiger partial charge in [-0.1, -0.05) is 189 Å². The van der Waals surface area contributed by atoms with Crippen LogP contribution in [0.4, 0.5) is 0 Å². The van der Waals surface area contributed by atoms with E-state index in [1.807, 2.05) is 0 Å². The average molecular weight is 1470 g/mol. The Morgan fingerprint density at radius 3 is 0.922 bits per heavy atom. The van der Waals surface area contributed by atoms with Gasteiger partial charge in [0.2, 0.25) is 0 Å². The van der Waals surface area contributed by atoms with Crippen molar-refractivity contribution in [3.8, 4) is 9.75 Å². The van der Waals surface area contributed by atoms with Gasteiger partial charge < -0.3 is 0 Å². The van der Waals surface area contributed by atoms with Crippen LogP contribution in [0.3, 0.4) is 0 Å². The summed E-state index contributed by atoms with van der Waals surface area (Å²) >= 11 is 10.3. The van der Waals surface area contributed by atoms with Crippen LogP contribution < -0.4 is 5.79 Å². The molecule has 4 aromatic heterocycles. The molecular formula is C63H96Br2N2O4S4Sn2. The molecule has 7 rings (SSSR count). The summed E-state index contributed by atoms with van der Waals surface area (Å²) < 4.78 is 7.62. The molecule has 6 nitrogen and oxygen atoms in total. The van der Waals surface area contributed by atoms with Crippen LogP contribution in [0.15, 0.2) is 31.8 Å². The van der Waals surface area contributed by atoms with Crippen molar-refractivity contribution in [1.82, 2.24) is 9.80 Å². The number of unbranched alkanes of at least 4 members (excludes halogenated alkanes) is 20. The van der Waals surface area contributed by atoms with E-state index in [0.29, 0.717) is 39.6 Å². The van der Waals surface area contributed by atoms with Crippen molar-refractivity contribution in [2.75, 3.05) is 0 Å². The molecule has 4 amide bonds. The van der Waals surface area contributed by atoms with E-state index in [0.717, 1.165) is 77.0 Å². The summed E-state index contributed by atoms with van der Waals surface area (Å²) in [5.74, 6) is -0.953. The number of hydrogen-bond acceptors (Lipinski definition) is 8. The summed E-state index contributed by atoms with van der Waals surface area (Å²) in [4.78, 5) is 77.1. The topological polar surface area (TPSA) is 74.8 Å². The third-order valence-corrected chi connectivity index (χ3v) is 40.5. The SMILES string of the molecule is C.CCCCCCCCC(CCCCCCCC)N1C(=O)c2c(Br)sc(-c3sc(Br)c4c3C(=O)N(C(CCCCCCCC)CCCCCCCC)C4=O)c2C1=O.[CH3][Sn]([CH3])([CH3])[c]1cc2cc3s[c]([Sn]([CH3])([CH3])[CH3])cc3cc2s1. The van der Waals surface area contributed by atoms with Gasteiger partial charge in [-0.15, -0.1) is 22.7 Å². The summed E-state index contributed by atoms with van der Waals surface area (Å²) in [7, 11) is 0. The van der Waals surface area contributed by atoms with E-state index in [1.165, 1.54) is 146 Å². The molecule has 2 aliphatic rings. The Morgan fingerprint density at radius 1 is 0.390 bits per heavy atom. The zero-order chi connectivity index (χ0) is 55.2. The van der Waals surface area contributed by atoms with Gasteiger partial charge in [-0.3, -0.25) is 29.0 Å². The molecule has 0 fully saturated rings. The molecule has 0 aliphatic carbocycles. The van der Waals surface area contributed by atoms with Gasteiger partial charge >= 0.3 is 139 Å². The number of nitrogens with zero attached hydrogens (tertiary/aromatic N) is 2. The minimum atomic E-state index is -1.91. The van der Waals surface area contributed by atoms with Crippen LogP contribution in [-0.2, 0) is 0 Å². The van der Waals surface area contributed by atoms with Crippen molar-refractivity contribution in [2.45, 2.75) is 257 Å². The minimum absolute atomic E-state index is 0. The molecule has 2 aliphatic heterocycles. The molecule has 0 spiro atoms. The Bertz CT molecular complexity index is 2450. The number of fused-ring (bicyclic) bond motifs is 4. The van der Waals surface area contributed by atoms with Gasteiger partial charge in [-0.2, -0.15) is 0 Å². The molecule has 428 valence electrons. The van der Waals surface area contributed by atoms with Crippen LogP contribution in [0.25, 0.3) is 29.9 Å². The Morgan fingerprint density at radius 2 is 0.649 bits per heavy atom. The van der Waals surface area contributed by atoms with Crippen LogP contribution in [0.5, 0.6) is 0 Å². The number of halogens is 2. The molecule has 6 heterocycles. The molecule has 14 heteroatoms. The van der Waals surface area contributed by atoms with Crippen LogP contribution in [0.2, 0.25) is 29.6 Å². The number of carbonyl (C=O) groups is 4. The van der Waals surface area contributed by atoms with E-state index < -0.39 is 36.8 Å². The van der Waals surface area contributed by atoms with Crippen molar-refractivity contribution in [3.63, 3.8) is 0 Å². The van der Waals surface area contributed by atoms with Crippen LogP contribution in [0.1, 0.15) is 256 Å². The Kier molecular flexibility index (Phi) is 28.3. The van der Waals surface area contributed by atoms with Gasteiger partial charge in [0, 0.05) is 12.1 Å². The summed E-state index contributed by atoms with van der Waals surface area (Å²) in [5.41, 5.74) is 1.63. The number of carbonyl (C=O) groups excluding carboxylic acids is 4. The molecule has 1 aromatic carbocycles. The van der Waals surface area contributed by atoms with Crippen molar-refractivity contribution >= 4 is 164 Å². The predicted molar refractivity (Wildman–Crippen MR) is 353 cm³/mol. The molecule has 5 aromatic rings. The summed E-state index contributed by atoms with van der Waals surface area (Å²) in [6.07, 6.45) is 31.2. The number of imide groups is 2. The Balaban J connectivity index is 0.000000431. The molecule has 0 radical (unpaired) electrons. The fourth-order valence-corrected chi connectivity index (χ4v) is 27.7. The molecule has 0 bridgehead atoms. The number of benzene rings is 1. The van der Waals surface area contributed by atoms with Crippen molar-refractivity contribution in [3.05, 3.63) is 54.1 Å².